The number of carbonyl (C=O) groups is 1. The SMILES string of the molecule is CC(C)NC1(C(=O)O)CCC(Sc2ncn[nH]2)C1. The van der Waals surface area contributed by atoms with E-state index in [9.17, 15) is 9.90 Å². The molecule has 0 amide bonds. The lowest BCUT2D eigenvalue weighted by Gasteiger charge is -2.28. The number of aromatic amines is 1. The molecular formula is C11H18N4O2S. The molecule has 1 aliphatic carbocycles. The summed E-state index contributed by atoms with van der Waals surface area (Å²) in [6, 6.07) is 0.162. The molecule has 0 radical (unpaired) electrons. The number of nitrogens with zero attached hydrogens (tertiary/aromatic N) is 2. The van der Waals surface area contributed by atoms with Crippen molar-refractivity contribution < 1.29 is 9.90 Å². The molecule has 0 bridgehead atoms. The quantitative estimate of drug-likeness (QED) is 0.746. The van der Waals surface area contributed by atoms with E-state index in [0.717, 1.165) is 11.6 Å². The minimum absolute atomic E-state index is 0.162. The van der Waals surface area contributed by atoms with Gasteiger partial charge in [-0.15, -0.1) is 0 Å². The first kappa shape index (κ1) is 13.4. The van der Waals surface area contributed by atoms with Crippen LogP contribution in [0.5, 0.6) is 0 Å². The largest absolute Gasteiger partial charge is 0.480 e. The highest BCUT2D eigenvalue weighted by Gasteiger charge is 2.46. The molecule has 100 valence electrons. The van der Waals surface area contributed by atoms with Gasteiger partial charge in [0.05, 0.1) is 0 Å². The minimum Gasteiger partial charge on any atom is -0.480 e. The Morgan fingerprint density at radius 2 is 2.50 bits per heavy atom. The van der Waals surface area contributed by atoms with Crippen molar-refractivity contribution in [3.8, 4) is 0 Å². The molecule has 7 heteroatoms. The van der Waals surface area contributed by atoms with E-state index in [1.54, 1.807) is 11.8 Å². The van der Waals surface area contributed by atoms with Gasteiger partial charge in [-0.05, 0) is 33.1 Å². The Morgan fingerprint density at radius 1 is 1.72 bits per heavy atom. The molecule has 1 heterocycles. The molecule has 6 nitrogen and oxygen atoms in total. The second-order valence-corrected chi connectivity index (χ2v) is 6.25. The van der Waals surface area contributed by atoms with Crippen LogP contribution in [0.1, 0.15) is 33.1 Å². The molecule has 2 atom stereocenters. The number of hydrogen-bond donors (Lipinski definition) is 3. The van der Waals surface area contributed by atoms with Gasteiger partial charge >= 0.3 is 5.97 Å². The molecule has 1 fully saturated rings. The first-order valence-corrected chi connectivity index (χ1v) is 6.93. The summed E-state index contributed by atoms with van der Waals surface area (Å²) >= 11 is 1.57. The number of thioether (sulfide) groups is 1. The standard InChI is InChI=1S/C11H18N4O2S/c1-7(2)14-11(9(16)17)4-3-8(5-11)18-10-12-6-13-15-10/h6-8,14H,3-5H2,1-2H3,(H,16,17)(H,12,13,15). The lowest BCUT2D eigenvalue weighted by molar-refractivity contribution is -0.145. The van der Waals surface area contributed by atoms with Crippen molar-refractivity contribution in [2.75, 3.05) is 0 Å². The van der Waals surface area contributed by atoms with E-state index >= 15 is 0 Å². The van der Waals surface area contributed by atoms with Crippen LogP contribution < -0.4 is 5.32 Å². The zero-order chi connectivity index (χ0) is 13.2. The van der Waals surface area contributed by atoms with Crippen molar-refractivity contribution in [1.82, 2.24) is 20.5 Å². The third kappa shape index (κ3) is 2.84. The van der Waals surface area contributed by atoms with Gasteiger partial charge in [0.1, 0.15) is 11.9 Å². The number of rotatable bonds is 5. The summed E-state index contributed by atoms with van der Waals surface area (Å²) in [7, 11) is 0. The van der Waals surface area contributed by atoms with Crippen molar-refractivity contribution in [3.63, 3.8) is 0 Å². The molecule has 2 unspecified atom stereocenters. The molecule has 0 aromatic carbocycles. The lowest BCUT2D eigenvalue weighted by atomic mass is 9.97. The number of carboxylic acids is 1. The van der Waals surface area contributed by atoms with Gasteiger partial charge in [0.2, 0.25) is 0 Å². The van der Waals surface area contributed by atoms with Gasteiger partial charge in [0.15, 0.2) is 5.16 Å². The first-order valence-electron chi connectivity index (χ1n) is 6.05. The molecule has 1 saturated carbocycles. The highest BCUT2D eigenvalue weighted by molar-refractivity contribution is 7.99. The van der Waals surface area contributed by atoms with Crippen molar-refractivity contribution >= 4 is 17.7 Å². The first-order chi connectivity index (χ1) is 8.52. The Balaban J connectivity index is 2.01. The summed E-state index contributed by atoms with van der Waals surface area (Å²) in [5, 5.41) is 20.3. The molecule has 0 saturated heterocycles. The Morgan fingerprint density at radius 3 is 3.06 bits per heavy atom. The average Bonchev–Trinajstić information content (AvgIpc) is 2.89. The van der Waals surface area contributed by atoms with Gasteiger partial charge in [-0.25, -0.2) is 4.98 Å². The van der Waals surface area contributed by atoms with Crippen LogP contribution in [0, 0.1) is 0 Å². The van der Waals surface area contributed by atoms with Crippen LogP contribution in [0.3, 0.4) is 0 Å². The van der Waals surface area contributed by atoms with Gasteiger partial charge in [-0.3, -0.25) is 15.2 Å². The Bertz CT molecular complexity index is 409. The summed E-state index contributed by atoms with van der Waals surface area (Å²) in [5.41, 5.74) is -0.786. The van der Waals surface area contributed by atoms with Gasteiger partial charge in [0, 0.05) is 11.3 Å². The van der Waals surface area contributed by atoms with Crippen molar-refractivity contribution in [2.45, 2.75) is 55.1 Å². The molecule has 2 rings (SSSR count). The van der Waals surface area contributed by atoms with E-state index in [2.05, 4.69) is 20.5 Å². The van der Waals surface area contributed by atoms with E-state index < -0.39 is 11.5 Å². The Kier molecular flexibility index (Phi) is 3.91. The molecule has 1 aliphatic rings. The summed E-state index contributed by atoms with van der Waals surface area (Å²) in [6.45, 7) is 3.95. The molecule has 3 N–H and O–H groups in total. The third-order valence-electron chi connectivity index (χ3n) is 3.11. The van der Waals surface area contributed by atoms with E-state index in [4.69, 9.17) is 0 Å². The number of H-pyrrole nitrogens is 1. The molecule has 0 aliphatic heterocycles. The van der Waals surface area contributed by atoms with Crippen LogP contribution in [0.2, 0.25) is 0 Å². The Labute approximate surface area is 110 Å². The fraction of sp³-hybridized carbons (Fsp3) is 0.727. The fourth-order valence-electron chi connectivity index (χ4n) is 2.45. The summed E-state index contributed by atoms with van der Waals surface area (Å²) < 4.78 is 0. The van der Waals surface area contributed by atoms with E-state index in [0.29, 0.717) is 12.8 Å². The summed E-state index contributed by atoms with van der Waals surface area (Å²) in [5.74, 6) is -0.753. The predicted molar refractivity (Wildman–Crippen MR) is 68.5 cm³/mol. The maximum atomic E-state index is 11.5. The number of aliphatic carboxylic acids is 1. The second-order valence-electron chi connectivity index (χ2n) is 4.96. The summed E-state index contributed by atoms with van der Waals surface area (Å²) in [4.78, 5) is 15.6. The second kappa shape index (κ2) is 5.27. The maximum absolute atomic E-state index is 11.5. The van der Waals surface area contributed by atoms with Crippen LogP contribution in [0.15, 0.2) is 11.5 Å². The molecule has 0 spiro atoms. The van der Waals surface area contributed by atoms with Crippen LogP contribution in [0.25, 0.3) is 0 Å². The van der Waals surface area contributed by atoms with Crippen LogP contribution in [0.4, 0.5) is 0 Å². The highest BCUT2D eigenvalue weighted by atomic mass is 32.2. The topological polar surface area (TPSA) is 90.9 Å². The molecular weight excluding hydrogens is 252 g/mol. The van der Waals surface area contributed by atoms with Gasteiger partial charge in [-0.1, -0.05) is 11.8 Å². The minimum atomic E-state index is -0.786. The smallest absolute Gasteiger partial charge is 0.323 e. The zero-order valence-electron chi connectivity index (χ0n) is 10.5. The number of nitrogens with one attached hydrogen (secondary N) is 2. The van der Waals surface area contributed by atoms with E-state index in [-0.39, 0.29) is 11.3 Å². The Hall–Kier alpha value is -1.08. The van der Waals surface area contributed by atoms with Gasteiger partial charge < -0.3 is 5.11 Å². The normalized spacial score (nSPS) is 27.8. The summed E-state index contributed by atoms with van der Waals surface area (Å²) in [6.07, 6.45) is 3.61. The zero-order valence-corrected chi connectivity index (χ0v) is 11.3. The highest BCUT2D eigenvalue weighted by Crippen LogP contribution is 2.39. The number of carboxylic acid groups (broad SMARTS) is 1. The molecule has 18 heavy (non-hydrogen) atoms. The van der Waals surface area contributed by atoms with Crippen LogP contribution >= 0.6 is 11.8 Å². The number of hydrogen-bond acceptors (Lipinski definition) is 5. The molecule has 1 aromatic heterocycles. The number of aromatic nitrogens is 3. The van der Waals surface area contributed by atoms with Crippen molar-refractivity contribution in [3.05, 3.63) is 6.33 Å². The van der Waals surface area contributed by atoms with Crippen LogP contribution in [-0.4, -0.2) is 43.1 Å². The fourth-order valence-corrected chi connectivity index (χ4v) is 3.58. The van der Waals surface area contributed by atoms with E-state index in [1.807, 2.05) is 13.8 Å². The predicted octanol–water partition coefficient (Wildman–Crippen LogP) is 1.27. The van der Waals surface area contributed by atoms with Gasteiger partial charge in [0.25, 0.3) is 0 Å². The van der Waals surface area contributed by atoms with Crippen molar-refractivity contribution in [1.29, 1.82) is 0 Å². The lowest BCUT2D eigenvalue weighted by Crippen LogP contribution is -2.53. The van der Waals surface area contributed by atoms with Crippen LogP contribution in [-0.2, 0) is 4.79 Å². The van der Waals surface area contributed by atoms with Gasteiger partial charge in [-0.2, -0.15) is 5.10 Å². The third-order valence-corrected chi connectivity index (χ3v) is 4.27. The maximum Gasteiger partial charge on any atom is 0.323 e. The monoisotopic (exact) mass is 270 g/mol. The molecule has 1 aromatic rings. The average molecular weight is 270 g/mol. The van der Waals surface area contributed by atoms with E-state index in [1.165, 1.54) is 6.33 Å². The van der Waals surface area contributed by atoms with Crippen molar-refractivity contribution in [2.24, 2.45) is 0 Å².